The zero-order chi connectivity index (χ0) is 19.4. The number of nitrogen functional groups attached to an aromatic ring is 1. The second-order valence-electron chi connectivity index (χ2n) is 6.81. The largest absolute Gasteiger partial charge is 0.355 e. The monoisotopic (exact) mass is 427 g/mol. The van der Waals surface area contributed by atoms with E-state index in [1.165, 1.54) is 48.5 Å². The highest BCUT2D eigenvalue weighted by atomic mass is 35.5. The topological polar surface area (TPSA) is 85.8 Å². The predicted molar refractivity (Wildman–Crippen MR) is 111 cm³/mol. The number of carbonyl (C=O) groups is 1. The number of nitrogens with two attached hydrogens (primary N) is 1. The Balaban J connectivity index is 1.61. The summed E-state index contributed by atoms with van der Waals surface area (Å²) in [5, 5.41) is 12.4. The first kappa shape index (κ1) is 20.3. The Kier molecular flexibility index (Phi) is 6.89. The molecule has 1 aliphatic carbocycles. The van der Waals surface area contributed by atoms with Crippen molar-refractivity contribution in [3.63, 3.8) is 0 Å². The van der Waals surface area contributed by atoms with Gasteiger partial charge in [-0.15, -0.1) is 10.2 Å². The van der Waals surface area contributed by atoms with E-state index in [1.54, 1.807) is 18.2 Å². The number of rotatable bonds is 6. The van der Waals surface area contributed by atoms with E-state index in [0.29, 0.717) is 32.5 Å². The molecule has 1 fully saturated rings. The molecule has 1 aromatic heterocycles. The number of amides is 1. The Morgan fingerprint density at radius 2 is 2.07 bits per heavy atom. The number of hydrogen-bond acceptors (Lipinski definition) is 5. The van der Waals surface area contributed by atoms with Gasteiger partial charge in [-0.2, -0.15) is 0 Å². The number of carbonyl (C=O) groups excluding carboxylic acids is 1. The predicted octanol–water partition coefficient (Wildman–Crippen LogP) is 4.14. The number of nitrogens with one attached hydrogen (secondary N) is 1. The molecule has 1 amide bonds. The van der Waals surface area contributed by atoms with Crippen molar-refractivity contribution in [2.24, 2.45) is 5.92 Å². The molecule has 0 radical (unpaired) electrons. The van der Waals surface area contributed by atoms with Crippen LogP contribution in [0, 0.1) is 5.92 Å². The standard InChI is InChI=1S/C18H23Cl2N5OS/c1-11(17(26)22-10-12-5-3-2-4-6-12)27-18-24-23-16(25(18)21)14-8-7-13(19)9-15(14)20/h7-9,11-12H,2-6,10,21H2,1H3,(H,22,26). The van der Waals surface area contributed by atoms with Gasteiger partial charge in [-0.3, -0.25) is 4.79 Å². The summed E-state index contributed by atoms with van der Waals surface area (Å²) in [5.41, 5.74) is 0.636. The second kappa shape index (κ2) is 9.17. The lowest BCUT2D eigenvalue weighted by molar-refractivity contribution is -0.120. The van der Waals surface area contributed by atoms with E-state index in [4.69, 9.17) is 29.0 Å². The molecular formula is C18H23Cl2N5OS. The lowest BCUT2D eigenvalue weighted by Gasteiger charge is -2.22. The Labute approximate surface area is 173 Å². The highest BCUT2D eigenvalue weighted by Crippen LogP contribution is 2.31. The Morgan fingerprint density at radius 3 is 2.78 bits per heavy atom. The van der Waals surface area contributed by atoms with E-state index in [2.05, 4.69) is 15.5 Å². The molecule has 6 nitrogen and oxygen atoms in total. The summed E-state index contributed by atoms with van der Waals surface area (Å²) in [5.74, 6) is 7.13. The molecule has 0 aliphatic heterocycles. The fourth-order valence-electron chi connectivity index (χ4n) is 3.20. The molecule has 1 unspecified atom stereocenters. The van der Waals surface area contributed by atoms with Crippen molar-refractivity contribution >= 4 is 40.9 Å². The van der Waals surface area contributed by atoms with Crippen molar-refractivity contribution in [2.45, 2.75) is 49.4 Å². The van der Waals surface area contributed by atoms with Crippen molar-refractivity contribution in [3.05, 3.63) is 28.2 Å². The van der Waals surface area contributed by atoms with Gasteiger partial charge in [0, 0.05) is 17.1 Å². The van der Waals surface area contributed by atoms with Crippen LogP contribution in [0.3, 0.4) is 0 Å². The maximum absolute atomic E-state index is 12.4. The zero-order valence-corrected chi connectivity index (χ0v) is 17.4. The van der Waals surface area contributed by atoms with Crippen LogP contribution in [-0.4, -0.2) is 32.6 Å². The summed E-state index contributed by atoms with van der Waals surface area (Å²) in [4.78, 5) is 12.4. The maximum Gasteiger partial charge on any atom is 0.233 e. The van der Waals surface area contributed by atoms with Gasteiger partial charge in [0.05, 0.1) is 10.3 Å². The molecule has 1 saturated carbocycles. The van der Waals surface area contributed by atoms with Crippen LogP contribution in [0.4, 0.5) is 0 Å². The van der Waals surface area contributed by atoms with Gasteiger partial charge in [0.25, 0.3) is 0 Å². The van der Waals surface area contributed by atoms with Gasteiger partial charge in [0.15, 0.2) is 5.82 Å². The first-order valence-corrected chi connectivity index (χ1v) is 10.7. The van der Waals surface area contributed by atoms with Crippen LogP contribution in [0.25, 0.3) is 11.4 Å². The van der Waals surface area contributed by atoms with Crippen molar-refractivity contribution < 1.29 is 4.79 Å². The van der Waals surface area contributed by atoms with E-state index < -0.39 is 0 Å². The molecular weight excluding hydrogens is 405 g/mol. The van der Waals surface area contributed by atoms with Crippen LogP contribution in [0.1, 0.15) is 39.0 Å². The number of benzene rings is 1. The Bertz CT molecular complexity index is 807. The van der Waals surface area contributed by atoms with Crippen molar-refractivity contribution in [2.75, 3.05) is 12.4 Å². The molecule has 146 valence electrons. The van der Waals surface area contributed by atoms with Crippen LogP contribution in [0.2, 0.25) is 10.0 Å². The summed E-state index contributed by atoms with van der Waals surface area (Å²) < 4.78 is 1.35. The highest BCUT2D eigenvalue weighted by molar-refractivity contribution is 8.00. The smallest absolute Gasteiger partial charge is 0.233 e. The van der Waals surface area contributed by atoms with Gasteiger partial charge >= 0.3 is 0 Å². The van der Waals surface area contributed by atoms with Crippen LogP contribution in [-0.2, 0) is 4.79 Å². The van der Waals surface area contributed by atoms with Crippen molar-refractivity contribution in [1.82, 2.24) is 20.2 Å². The lowest BCUT2D eigenvalue weighted by Crippen LogP contribution is -2.35. The SMILES string of the molecule is CC(Sc1nnc(-c2ccc(Cl)cc2Cl)n1N)C(=O)NCC1CCCCC1. The Morgan fingerprint density at radius 1 is 1.33 bits per heavy atom. The van der Waals surface area contributed by atoms with Gasteiger partial charge in [-0.25, -0.2) is 4.68 Å². The van der Waals surface area contributed by atoms with E-state index in [-0.39, 0.29) is 11.2 Å². The van der Waals surface area contributed by atoms with Crippen LogP contribution < -0.4 is 11.2 Å². The maximum atomic E-state index is 12.4. The third kappa shape index (κ3) is 5.09. The molecule has 1 aromatic carbocycles. The first-order chi connectivity index (χ1) is 13.0. The highest BCUT2D eigenvalue weighted by Gasteiger charge is 2.22. The summed E-state index contributed by atoms with van der Waals surface area (Å²) in [6, 6.07) is 5.08. The molecule has 0 saturated heterocycles. The third-order valence-electron chi connectivity index (χ3n) is 4.78. The summed E-state index contributed by atoms with van der Waals surface area (Å²) >= 11 is 13.4. The van der Waals surface area contributed by atoms with E-state index in [1.807, 2.05) is 6.92 Å². The van der Waals surface area contributed by atoms with Gasteiger partial charge < -0.3 is 11.2 Å². The van der Waals surface area contributed by atoms with E-state index >= 15 is 0 Å². The van der Waals surface area contributed by atoms with Gasteiger partial charge in [-0.1, -0.05) is 54.2 Å². The summed E-state index contributed by atoms with van der Waals surface area (Å²) in [7, 11) is 0. The van der Waals surface area contributed by atoms with Crippen LogP contribution in [0.5, 0.6) is 0 Å². The molecule has 1 heterocycles. The molecule has 3 rings (SSSR count). The van der Waals surface area contributed by atoms with Crippen LogP contribution >= 0.6 is 35.0 Å². The molecule has 1 atom stereocenters. The van der Waals surface area contributed by atoms with E-state index in [9.17, 15) is 4.79 Å². The molecule has 2 aromatic rings. The average Bonchev–Trinajstić information content (AvgIpc) is 3.01. The number of aromatic nitrogens is 3. The first-order valence-electron chi connectivity index (χ1n) is 9.06. The molecule has 0 spiro atoms. The van der Waals surface area contributed by atoms with Crippen LogP contribution in [0.15, 0.2) is 23.4 Å². The van der Waals surface area contributed by atoms with Gasteiger partial charge in [0.1, 0.15) is 0 Å². The van der Waals surface area contributed by atoms with Gasteiger partial charge in [0.2, 0.25) is 11.1 Å². The average molecular weight is 428 g/mol. The second-order valence-corrected chi connectivity index (χ2v) is 8.96. The number of nitrogens with zero attached hydrogens (tertiary/aromatic N) is 3. The molecule has 3 N–H and O–H groups in total. The minimum absolute atomic E-state index is 0.0142. The summed E-state index contributed by atoms with van der Waals surface area (Å²) in [6.07, 6.45) is 6.23. The molecule has 1 aliphatic rings. The number of hydrogen-bond donors (Lipinski definition) is 2. The van der Waals surface area contributed by atoms with Crippen molar-refractivity contribution in [3.8, 4) is 11.4 Å². The normalized spacial score (nSPS) is 16.3. The zero-order valence-electron chi connectivity index (χ0n) is 15.1. The quantitative estimate of drug-likeness (QED) is 0.534. The van der Waals surface area contributed by atoms with E-state index in [0.717, 1.165) is 6.54 Å². The molecule has 9 heteroatoms. The Hall–Kier alpha value is -1.44. The van der Waals surface area contributed by atoms with Gasteiger partial charge in [-0.05, 0) is 43.9 Å². The number of thioether (sulfide) groups is 1. The fourth-order valence-corrected chi connectivity index (χ4v) is 4.49. The minimum Gasteiger partial charge on any atom is -0.355 e. The molecule has 27 heavy (non-hydrogen) atoms. The summed E-state index contributed by atoms with van der Waals surface area (Å²) in [6.45, 7) is 2.58. The molecule has 0 bridgehead atoms. The third-order valence-corrected chi connectivity index (χ3v) is 6.38. The minimum atomic E-state index is -0.325. The lowest BCUT2D eigenvalue weighted by atomic mass is 9.89. The fraction of sp³-hybridized carbons (Fsp3) is 0.500. The van der Waals surface area contributed by atoms with Crippen molar-refractivity contribution in [1.29, 1.82) is 0 Å². The number of halogens is 2.